The number of nitrogens with zero attached hydrogens (tertiary/aromatic N) is 1. The zero-order valence-corrected chi connectivity index (χ0v) is 19.2. The number of hydrogen-bond acceptors (Lipinski definition) is 5. The molecular weight excluding hydrogens is 449 g/mol. The van der Waals surface area contributed by atoms with Crippen LogP contribution in [0.15, 0.2) is 41.3 Å². The molecule has 3 rings (SSSR count). The average Bonchev–Trinajstić information content (AvgIpc) is 2.94. The summed E-state index contributed by atoms with van der Waals surface area (Å²) in [6, 6.07) is 10.7. The van der Waals surface area contributed by atoms with Gasteiger partial charge in [-0.1, -0.05) is 53.2 Å². The number of halogens is 2. The molecule has 1 saturated heterocycles. The van der Waals surface area contributed by atoms with Crippen molar-refractivity contribution < 1.29 is 14.3 Å². The molecular formula is C21H19Cl2NO3S2. The van der Waals surface area contributed by atoms with Crippen molar-refractivity contribution in [3.05, 3.63) is 62.5 Å². The summed E-state index contributed by atoms with van der Waals surface area (Å²) in [6.45, 7) is 4.13. The molecule has 1 aliphatic heterocycles. The van der Waals surface area contributed by atoms with Gasteiger partial charge in [0.05, 0.1) is 17.0 Å². The van der Waals surface area contributed by atoms with E-state index in [0.29, 0.717) is 30.8 Å². The van der Waals surface area contributed by atoms with Gasteiger partial charge < -0.3 is 9.47 Å². The summed E-state index contributed by atoms with van der Waals surface area (Å²) in [7, 11) is 1.60. The van der Waals surface area contributed by atoms with Crippen LogP contribution in [0.4, 0.5) is 0 Å². The minimum absolute atomic E-state index is 0.0253. The molecule has 1 fully saturated rings. The van der Waals surface area contributed by atoms with Crippen molar-refractivity contribution in [3.8, 4) is 11.5 Å². The number of amides is 1. The van der Waals surface area contributed by atoms with Gasteiger partial charge in [0, 0.05) is 16.6 Å². The van der Waals surface area contributed by atoms with Crippen LogP contribution in [0.5, 0.6) is 11.5 Å². The molecule has 0 bridgehead atoms. The van der Waals surface area contributed by atoms with Gasteiger partial charge in [0.25, 0.3) is 5.91 Å². The van der Waals surface area contributed by atoms with E-state index < -0.39 is 0 Å². The van der Waals surface area contributed by atoms with E-state index in [1.807, 2.05) is 38.1 Å². The van der Waals surface area contributed by atoms with Gasteiger partial charge in [0.2, 0.25) is 0 Å². The molecule has 1 aliphatic rings. The third kappa shape index (κ3) is 5.07. The fraction of sp³-hybridized carbons (Fsp3) is 0.238. The Balaban J connectivity index is 1.84. The van der Waals surface area contributed by atoms with E-state index >= 15 is 0 Å². The largest absolute Gasteiger partial charge is 0.496 e. The molecule has 152 valence electrons. The summed E-state index contributed by atoms with van der Waals surface area (Å²) in [5, 5.41) is 0.977. The second-order valence-electron chi connectivity index (χ2n) is 6.58. The highest BCUT2D eigenvalue weighted by molar-refractivity contribution is 8.26. The third-order valence-electron chi connectivity index (χ3n) is 4.22. The number of thioether (sulfide) groups is 1. The third-order valence-corrected chi connectivity index (χ3v) is 6.08. The molecule has 2 aromatic carbocycles. The normalized spacial score (nSPS) is 15.5. The van der Waals surface area contributed by atoms with Crippen molar-refractivity contribution in [2.75, 3.05) is 7.11 Å². The Morgan fingerprint density at radius 3 is 2.52 bits per heavy atom. The summed E-state index contributed by atoms with van der Waals surface area (Å²) in [5.41, 5.74) is 1.68. The van der Waals surface area contributed by atoms with Crippen LogP contribution in [0.3, 0.4) is 0 Å². The van der Waals surface area contributed by atoms with Crippen LogP contribution >= 0.6 is 47.2 Å². The van der Waals surface area contributed by atoms with Crippen molar-refractivity contribution in [1.82, 2.24) is 4.90 Å². The second-order valence-corrected chi connectivity index (χ2v) is 9.10. The van der Waals surface area contributed by atoms with Crippen LogP contribution in [0, 0.1) is 0 Å². The van der Waals surface area contributed by atoms with E-state index in [2.05, 4.69) is 0 Å². The molecule has 0 aromatic heterocycles. The van der Waals surface area contributed by atoms with Gasteiger partial charge in [-0.3, -0.25) is 9.69 Å². The highest BCUT2D eigenvalue weighted by Crippen LogP contribution is 2.35. The molecule has 0 saturated carbocycles. The SMILES string of the molecule is COc1ccc(/C=C2\SC(=S)N(C(C)C)C2=O)cc1COc1ccc(Cl)cc1Cl. The Kier molecular flexibility index (Phi) is 7.11. The lowest BCUT2D eigenvalue weighted by Gasteiger charge is -2.18. The van der Waals surface area contributed by atoms with Gasteiger partial charge in [0.15, 0.2) is 0 Å². The topological polar surface area (TPSA) is 38.8 Å². The summed E-state index contributed by atoms with van der Waals surface area (Å²) in [4.78, 5) is 14.8. The Morgan fingerprint density at radius 1 is 1.17 bits per heavy atom. The molecule has 0 N–H and O–H groups in total. The number of thiocarbonyl (C=S) groups is 1. The summed E-state index contributed by atoms with van der Waals surface area (Å²) >= 11 is 18.7. The van der Waals surface area contributed by atoms with E-state index in [1.165, 1.54) is 11.8 Å². The van der Waals surface area contributed by atoms with Gasteiger partial charge in [-0.25, -0.2) is 0 Å². The lowest BCUT2D eigenvalue weighted by molar-refractivity contribution is -0.123. The zero-order chi connectivity index (χ0) is 21.1. The highest BCUT2D eigenvalue weighted by atomic mass is 35.5. The molecule has 1 amide bonds. The van der Waals surface area contributed by atoms with Crippen LogP contribution < -0.4 is 9.47 Å². The van der Waals surface area contributed by atoms with Crippen LogP contribution in [0.1, 0.15) is 25.0 Å². The minimum Gasteiger partial charge on any atom is -0.496 e. The first-order chi connectivity index (χ1) is 13.8. The number of methoxy groups -OCH3 is 1. The van der Waals surface area contributed by atoms with Crippen LogP contribution in [-0.2, 0) is 11.4 Å². The molecule has 0 spiro atoms. The number of rotatable bonds is 6. The summed E-state index contributed by atoms with van der Waals surface area (Å²) < 4.78 is 11.9. The van der Waals surface area contributed by atoms with E-state index in [0.717, 1.165) is 11.1 Å². The van der Waals surface area contributed by atoms with Crippen molar-refractivity contribution in [3.63, 3.8) is 0 Å². The van der Waals surface area contributed by atoms with Gasteiger partial charge in [0.1, 0.15) is 22.4 Å². The number of carbonyl (C=O) groups is 1. The molecule has 29 heavy (non-hydrogen) atoms. The first-order valence-electron chi connectivity index (χ1n) is 8.82. The monoisotopic (exact) mass is 467 g/mol. The number of carbonyl (C=O) groups excluding carboxylic acids is 1. The van der Waals surface area contributed by atoms with E-state index in [1.54, 1.807) is 30.2 Å². The molecule has 2 aromatic rings. The minimum atomic E-state index is -0.0726. The zero-order valence-electron chi connectivity index (χ0n) is 16.1. The molecule has 0 atom stereocenters. The Morgan fingerprint density at radius 2 is 1.90 bits per heavy atom. The molecule has 0 radical (unpaired) electrons. The van der Waals surface area contributed by atoms with Crippen molar-refractivity contribution >= 4 is 63.5 Å². The molecule has 0 unspecified atom stereocenters. The molecule has 0 aliphatic carbocycles. The maximum atomic E-state index is 12.6. The van der Waals surface area contributed by atoms with Gasteiger partial charge in [-0.15, -0.1) is 0 Å². The van der Waals surface area contributed by atoms with Crippen LogP contribution in [-0.4, -0.2) is 28.3 Å². The Bertz CT molecular complexity index is 992. The summed E-state index contributed by atoms with van der Waals surface area (Å²) in [5.74, 6) is 1.14. The average molecular weight is 468 g/mol. The number of benzene rings is 2. The molecule has 4 nitrogen and oxygen atoms in total. The van der Waals surface area contributed by atoms with E-state index in [4.69, 9.17) is 44.9 Å². The lowest BCUT2D eigenvalue weighted by atomic mass is 10.1. The van der Waals surface area contributed by atoms with E-state index in [9.17, 15) is 4.79 Å². The Labute approximate surface area is 189 Å². The maximum Gasteiger partial charge on any atom is 0.266 e. The first kappa shape index (κ1) is 22.0. The van der Waals surface area contributed by atoms with Gasteiger partial charge >= 0.3 is 0 Å². The predicted octanol–water partition coefficient (Wildman–Crippen LogP) is 6.19. The quantitative estimate of drug-likeness (QED) is 0.373. The van der Waals surface area contributed by atoms with E-state index in [-0.39, 0.29) is 18.6 Å². The van der Waals surface area contributed by atoms with Gasteiger partial charge in [-0.2, -0.15) is 0 Å². The smallest absolute Gasteiger partial charge is 0.266 e. The van der Waals surface area contributed by atoms with Crippen molar-refractivity contribution in [1.29, 1.82) is 0 Å². The van der Waals surface area contributed by atoms with Crippen molar-refractivity contribution in [2.45, 2.75) is 26.5 Å². The van der Waals surface area contributed by atoms with Gasteiger partial charge in [-0.05, 0) is 55.8 Å². The highest BCUT2D eigenvalue weighted by Gasteiger charge is 2.33. The molecule has 8 heteroatoms. The number of hydrogen-bond donors (Lipinski definition) is 0. The molecule has 1 heterocycles. The second kappa shape index (κ2) is 9.39. The number of ether oxygens (including phenoxy) is 2. The first-order valence-corrected chi connectivity index (χ1v) is 10.8. The predicted molar refractivity (Wildman–Crippen MR) is 124 cm³/mol. The standard InChI is InChI=1S/C21H19Cl2NO3S2/c1-12(2)24-20(25)19(29-21(24)28)9-13-4-6-17(26-3)14(8-13)11-27-18-7-5-15(22)10-16(18)23/h4-10,12H,11H2,1-3H3/b19-9-. The fourth-order valence-electron chi connectivity index (χ4n) is 2.83. The Hall–Kier alpha value is -1.73. The van der Waals surface area contributed by atoms with Crippen LogP contribution in [0.25, 0.3) is 6.08 Å². The summed E-state index contributed by atoms with van der Waals surface area (Å²) in [6.07, 6.45) is 1.83. The lowest BCUT2D eigenvalue weighted by Crippen LogP contribution is -2.34. The van der Waals surface area contributed by atoms with Crippen LogP contribution in [0.2, 0.25) is 10.0 Å². The maximum absolute atomic E-state index is 12.6. The fourth-order valence-corrected chi connectivity index (χ4v) is 4.81. The van der Waals surface area contributed by atoms with Crippen molar-refractivity contribution in [2.24, 2.45) is 0 Å².